The van der Waals surface area contributed by atoms with E-state index in [0.717, 1.165) is 21.6 Å². The third-order valence-electron chi connectivity index (χ3n) is 4.99. The highest BCUT2D eigenvalue weighted by molar-refractivity contribution is 7.86. The Morgan fingerprint density at radius 2 is 1.43 bits per heavy atom. The molecule has 1 unspecified atom stereocenters. The van der Waals surface area contributed by atoms with Crippen LogP contribution in [0.4, 0.5) is 0 Å². The maximum atomic E-state index is 13.1. The number of ether oxygens (including phenoxy) is 1. The van der Waals surface area contributed by atoms with Gasteiger partial charge in [0.15, 0.2) is 6.10 Å². The highest BCUT2D eigenvalue weighted by atomic mass is 32.2. The molecule has 0 radical (unpaired) electrons. The molecule has 142 valence electrons. The zero-order valence-corrected chi connectivity index (χ0v) is 16.8. The van der Waals surface area contributed by atoms with E-state index in [1.165, 1.54) is 0 Å². The van der Waals surface area contributed by atoms with Crippen LogP contribution in [-0.2, 0) is 15.5 Å². The van der Waals surface area contributed by atoms with Gasteiger partial charge in [-0.1, -0.05) is 78.4 Å². The van der Waals surface area contributed by atoms with Gasteiger partial charge in [-0.3, -0.25) is 4.21 Å². The fourth-order valence-electron chi connectivity index (χ4n) is 3.39. The molecule has 0 saturated heterocycles. The second-order valence-electron chi connectivity index (χ2n) is 7.02. The summed E-state index contributed by atoms with van der Waals surface area (Å²) in [5.41, 5.74) is 3.32. The molecule has 0 bridgehead atoms. The number of benzene rings is 3. The van der Waals surface area contributed by atoms with Crippen molar-refractivity contribution in [2.75, 3.05) is 0 Å². The molecule has 3 aromatic carbocycles. The molecule has 0 aromatic heterocycles. The van der Waals surface area contributed by atoms with Crippen molar-refractivity contribution in [3.8, 4) is 0 Å². The molecular formula is C24H23NO2S. The standard InChI is InChI=1S/C24H23NO2S/c1-17-13-15-21(16-14-17)28(26)18(2)24-25-22(19-9-5-3-6-10-19)23(27-24)20-11-7-4-8-12-20/h3-16,18,22-23H,1-2H3/t18?,22-,23+,28+/m0/s1. The van der Waals surface area contributed by atoms with Crippen molar-refractivity contribution in [2.45, 2.75) is 36.1 Å². The first-order chi connectivity index (χ1) is 13.6. The minimum Gasteiger partial charge on any atom is -0.469 e. The van der Waals surface area contributed by atoms with E-state index in [0.29, 0.717) is 5.90 Å². The summed E-state index contributed by atoms with van der Waals surface area (Å²) in [6.07, 6.45) is -0.212. The van der Waals surface area contributed by atoms with Gasteiger partial charge in [0.05, 0.1) is 10.8 Å². The number of hydrogen-bond donors (Lipinski definition) is 0. The van der Waals surface area contributed by atoms with Crippen molar-refractivity contribution in [1.82, 2.24) is 0 Å². The van der Waals surface area contributed by atoms with Gasteiger partial charge >= 0.3 is 0 Å². The molecule has 1 aliphatic rings. The Bertz CT molecular complexity index is 984. The third-order valence-corrected chi connectivity index (χ3v) is 6.57. The number of hydrogen-bond acceptors (Lipinski definition) is 3. The van der Waals surface area contributed by atoms with Gasteiger partial charge in [-0.2, -0.15) is 0 Å². The molecule has 28 heavy (non-hydrogen) atoms. The second kappa shape index (κ2) is 8.11. The molecular weight excluding hydrogens is 366 g/mol. The second-order valence-corrected chi connectivity index (χ2v) is 8.80. The molecule has 3 aromatic rings. The Morgan fingerprint density at radius 3 is 2.04 bits per heavy atom. The maximum Gasteiger partial charge on any atom is 0.200 e. The Hall–Kier alpha value is -2.72. The van der Waals surface area contributed by atoms with Crippen molar-refractivity contribution >= 4 is 16.7 Å². The van der Waals surface area contributed by atoms with E-state index in [2.05, 4.69) is 24.3 Å². The van der Waals surface area contributed by atoms with E-state index in [1.807, 2.05) is 74.5 Å². The smallest absolute Gasteiger partial charge is 0.200 e. The van der Waals surface area contributed by atoms with Gasteiger partial charge in [0, 0.05) is 4.90 Å². The predicted octanol–water partition coefficient (Wildman–Crippen LogP) is 5.40. The molecule has 4 rings (SSSR count). The minimum absolute atomic E-state index is 0.143. The van der Waals surface area contributed by atoms with E-state index in [4.69, 9.17) is 9.73 Å². The molecule has 4 atom stereocenters. The largest absolute Gasteiger partial charge is 0.469 e. The number of aryl methyl sites for hydroxylation is 1. The topological polar surface area (TPSA) is 38.7 Å². The van der Waals surface area contributed by atoms with Gasteiger partial charge in [-0.05, 0) is 37.1 Å². The Balaban J connectivity index is 1.65. The van der Waals surface area contributed by atoms with E-state index < -0.39 is 10.8 Å². The van der Waals surface area contributed by atoms with Crippen LogP contribution < -0.4 is 0 Å². The van der Waals surface area contributed by atoms with Crippen molar-refractivity contribution in [2.24, 2.45) is 4.99 Å². The van der Waals surface area contributed by atoms with Crippen LogP contribution in [0.5, 0.6) is 0 Å². The minimum atomic E-state index is -1.22. The summed E-state index contributed by atoms with van der Waals surface area (Å²) < 4.78 is 19.4. The normalized spacial score (nSPS) is 20.9. The summed E-state index contributed by atoms with van der Waals surface area (Å²) in [7, 11) is -1.22. The summed E-state index contributed by atoms with van der Waals surface area (Å²) in [6, 6.07) is 27.9. The van der Waals surface area contributed by atoms with Crippen molar-refractivity contribution in [1.29, 1.82) is 0 Å². The van der Waals surface area contributed by atoms with Crippen LogP contribution in [0.15, 0.2) is 94.8 Å². The fourth-order valence-corrected chi connectivity index (χ4v) is 4.50. The predicted molar refractivity (Wildman–Crippen MR) is 114 cm³/mol. The van der Waals surface area contributed by atoms with E-state index in [1.54, 1.807) is 0 Å². The van der Waals surface area contributed by atoms with Gasteiger partial charge in [-0.15, -0.1) is 0 Å². The van der Waals surface area contributed by atoms with E-state index in [-0.39, 0.29) is 17.4 Å². The van der Waals surface area contributed by atoms with Crippen LogP contribution in [0.1, 0.15) is 35.8 Å². The lowest BCUT2D eigenvalue weighted by Crippen LogP contribution is -2.23. The highest BCUT2D eigenvalue weighted by Crippen LogP contribution is 2.41. The van der Waals surface area contributed by atoms with Crippen LogP contribution in [0.25, 0.3) is 0 Å². The molecule has 0 saturated carbocycles. The quantitative estimate of drug-likeness (QED) is 0.586. The fraction of sp³-hybridized carbons (Fsp3) is 0.208. The Morgan fingerprint density at radius 1 is 0.857 bits per heavy atom. The Labute approximate surface area is 168 Å². The lowest BCUT2D eigenvalue weighted by Gasteiger charge is -2.19. The van der Waals surface area contributed by atoms with Gasteiger partial charge < -0.3 is 4.74 Å². The monoisotopic (exact) mass is 389 g/mol. The van der Waals surface area contributed by atoms with Gasteiger partial charge in [0.1, 0.15) is 11.3 Å². The first kappa shape index (κ1) is 18.6. The number of aliphatic imine (C=N–C) groups is 1. The molecule has 0 aliphatic carbocycles. The third kappa shape index (κ3) is 3.78. The van der Waals surface area contributed by atoms with Crippen LogP contribution in [-0.4, -0.2) is 15.4 Å². The Kier molecular flexibility index (Phi) is 5.40. The van der Waals surface area contributed by atoms with Crippen LogP contribution in [0, 0.1) is 6.92 Å². The molecule has 4 heteroatoms. The number of nitrogens with zero attached hydrogens (tertiary/aromatic N) is 1. The van der Waals surface area contributed by atoms with Crippen molar-refractivity contribution < 1.29 is 8.95 Å². The van der Waals surface area contributed by atoms with Crippen molar-refractivity contribution in [3.05, 3.63) is 102 Å². The number of rotatable bonds is 5. The maximum absolute atomic E-state index is 13.1. The van der Waals surface area contributed by atoms with Gasteiger partial charge in [0.25, 0.3) is 0 Å². The summed E-state index contributed by atoms with van der Waals surface area (Å²) >= 11 is 0. The highest BCUT2D eigenvalue weighted by Gasteiger charge is 2.37. The summed E-state index contributed by atoms with van der Waals surface area (Å²) in [4.78, 5) is 5.68. The summed E-state index contributed by atoms with van der Waals surface area (Å²) in [5, 5.41) is -0.317. The lowest BCUT2D eigenvalue weighted by atomic mass is 9.97. The zero-order valence-electron chi connectivity index (χ0n) is 16.0. The first-order valence-electron chi connectivity index (χ1n) is 9.45. The molecule has 0 fully saturated rings. The van der Waals surface area contributed by atoms with Gasteiger partial charge in [0.2, 0.25) is 5.90 Å². The molecule has 0 spiro atoms. The van der Waals surface area contributed by atoms with Crippen molar-refractivity contribution in [3.63, 3.8) is 0 Å². The molecule has 1 aliphatic heterocycles. The van der Waals surface area contributed by atoms with Crippen LogP contribution in [0.2, 0.25) is 0 Å². The van der Waals surface area contributed by atoms with E-state index in [9.17, 15) is 4.21 Å². The lowest BCUT2D eigenvalue weighted by molar-refractivity contribution is 0.193. The SMILES string of the molecule is Cc1ccc([S@](=O)C(C)C2=N[C@@H](c3ccccc3)[C@@H](c3ccccc3)O2)cc1. The van der Waals surface area contributed by atoms with Crippen LogP contribution in [0.3, 0.4) is 0 Å². The average Bonchev–Trinajstić information content (AvgIpc) is 3.20. The molecule has 1 heterocycles. The van der Waals surface area contributed by atoms with Crippen LogP contribution >= 0.6 is 0 Å². The summed E-state index contributed by atoms with van der Waals surface area (Å²) in [5.74, 6) is 0.557. The molecule has 3 nitrogen and oxygen atoms in total. The molecule has 0 N–H and O–H groups in total. The summed E-state index contributed by atoms with van der Waals surface area (Å²) in [6.45, 7) is 3.94. The van der Waals surface area contributed by atoms with Gasteiger partial charge in [-0.25, -0.2) is 4.99 Å². The average molecular weight is 390 g/mol. The first-order valence-corrected chi connectivity index (χ1v) is 10.7. The zero-order chi connectivity index (χ0) is 19.5. The van der Waals surface area contributed by atoms with E-state index >= 15 is 0 Å². The molecule has 0 amide bonds.